The number of hydrogen-bond donors (Lipinski definition) is 1. The van der Waals surface area contributed by atoms with Gasteiger partial charge in [0.05, 0.1) is 24.3 Å². The zero-order valence-corrected chi connectivity index (χ0v) is 10.9. The molecule has 16 heavy (non-hydrogen) atoms. The van der Waals surface area contributed by atoms with Crippen LogP contribution in [0.15, 0.2) is 0 Å². The van der Waals surface area contributed by atoms with E-state index in [1.54, 1.807) is 0 Å². The zero-order chi connectivity index (χ0) is 12.8. The zero-order valence-electron chi connectivity index (χ0n) is 9.30. The summed E-state index contributed by atoms with van der Waals surface area (Å²) in [5, 5.41) is 0. The molecule has 0 aromatic heterocycles. The van der Waals surface area contributed by atoms with Crippen LogP contribution in [0.3, 0.4) is 0 Å². The van der Waals surface area contributed by atoms with Gasteiger partial charge in [-0.25, -0.2) is 12.7 Å². The number of hydrogen-bond acceptors (Lipinski definition) is 5. The lowest BCUT2D eigenvalue weighted by atomic mass is 10.4. The van der Waals surface area contributed by atoms with E-state index in [2.05, 4.69) is 17.0 Å². The molecule has 0 fully saturated rings. The molecule has 0 unspecified atom stereocenters. The molecule has 0 spiro atoms. The van der Waals surface area contributed by atoms with Crippen molar-refractivity contribution in [3.63, 3.8) is 0 Å². The van der Waals surface area contributed by atoms with Crippen molar-refractivity contribution in [1.82, 2.24) is 4.31 Å². The van der Waals surface area contributed by atoms with Gasteiger partial charge in [-0.2, -0.15) is 0 Å². The summed E-state index contributed by atoms with van der Waals surface area (Å²) in [7, 11) is -0.808. The van der Waals surface area contributed by atoms with E-state index < -0.39 is 16.0 Å². The highest BCUT2D eigenvalue weighted by atomic mass is 32.2. The summed E-state index contributed by atoms with van der Waals surface area (Å²) < 4.78 is 28.7. The summed E-state index contributed by atoms with van der Waals surface area (Å²) in [6.45, 7) is 0.221. The second kappa shape index (κ2) is 6.77. The van der Waals surface area contributed by atoms with Crippen LogP contribution in [0.1, 0.15) is 12.8 Å². The van der Waals surface area contributed by atoms with Crippen molar-refractivity contribution in [3.05, 3.63) is 0 Å². The summed E-state index contributed by atoms with van der Waals surface area (Å²) in [5.74, 6) is -0.820. The van der Waals surface area contributed by atoms with Crippen LogP contribution in [0.25, 0.3) is 0 Å². The summed E-state index contributed by atoms with van der Waals surface area (Å²) in [4.78, 5) is 11.1. The van der Waals surface area contributed by atoms with E-state index in [-0.39, 0.29) is 23.7 Å². The normalized spacial score (nSPS) is 11.4. The minimum Gasteiger partial charge on any atom is -0.469 e. The quantitative estimate of drug-likeness (QED) is 0.494. The van der Waals surface area contributed by atoms with Crippen LogP contribution in [0.5, 0.6) is 0 Å². The number of carbonyl (C=O) groups is 1. The molecule has 0 saturated carbocycles. The highest BCUT2D eigenvalue weighted by Crippen LogP contribution is 2.02. The van der Waals surface area contributed by atoms with Gasteiger partial charge in [0.15, 0.2) is 0 Å². The first-order chi connectivity index (χ1) is 7.29. The maximum atomic E-state index is 11.6. The molecular weight excluding hydrogens is 252 g/mol. The Balaban J connectivity index is 4.21. The molecule has 0 bridgehead atoms. The molecule has 6 nitrogen and oxygen atoms in total. The van der Waals surface area contributed by atoms with Gasteiger partial charge in [-0.1, -0.05) is 12.2 Å². The lowest BCUT2D eigenvalue weighted by Crippen LogP contribution is -2.32. The van der Waals surface area contributed by atoms with Crippen LogP contribution < -0.4 is 5.73 Å². The summed E-state index contributed by atoms with van der Waals surface area (Å²) in [5.41, 5.74) is 5.26. The van der Waals surface area contributed by atoms with Crippen molar-refractivity contribution < 1.29 is 17.9 Å². The Kier molecular flexibility index (Phi) is 6.46. The average Bonchev–Trinajstić information content (AvgIpc) is 2.22. The van der Waals surface area contributed by atoms with E-state index in [1.165, 1.54) is 14.2 Å². The molecule has 0 atom stereocenters. The van der Waals surface area contributed by atoms with Crippen LogP contribution >= 0.6 is 12.2 Å². The van der Waals surface area contributed by atoms with Crippen molar-refractivity contribution in [2.75, 3.05) is 26.5 Å². The SMILES string of the molecule is COC(=O)CCS(=O)(=O)N(C)CCC(N)=S. The molecule has 0 aromatic carbocycles. The molecular formula is C8H16N2O4S2. The van der Waals surface area contributed by atoms with E-state index in [4.69, 9.17) is 5.73 Å². The number of nitrogens with zero attached hydrogens (tertiary/aromatic N) is 1. The second-order valence-corrected chi connectivity index (χ2v) is 5.90. The smallest absolute Gasteiger partial charge is 0.306 e. The lowest BCUT2D eigenvalue weighted by Gasteiger charge is -2.16. The first kappa shape index (κ1) is 15.3. The maximum absolute atomic E-state index is 11.6. The fraction of sp³-hybridized carbons (Fsp3) is 0.750. The number of ether oxygens (including phenoxy) is 1. The molecule has 94 valence electrons. The summed E-state index contributed by atoms with van der Waals surface area (Å²) in [6.07, 6.45) is 0.166. The molecule has 0 aliphatic carbocycles. The third-order valence-electron chi connectivity index (χ3n) is 1.94. The van der Waals surface area contributed by atoms with E-state index in [9.17, 15) is 13.2 Å². The fourth-order valence-electron chi connectivity index (χ4n) is 0.877. The third kappa shape index (κ3) is 5.99. The first-order valence-electron chi connectivity index (χ1n) is 4.58. The maximum Gasteiger partial charge on any atom is 0.306 e. The first-order valence-corrected chi connectivity index (χ1v) is 6.60. The van der Waals surface area contributed by atoms with Gasteiger partial charge in [-0.15, -0.1) is 0 Å². The number of thiocarbonyl (C=S) groups is 1. The van der Waals surface area contributed by atoms with Crippen LogP contribution in [0, 0.1) is 0 Å². The number of sulfonamides is 1. The number of nitrogens with two attached hydrogens (primary N) is 1. The third-order valence-corrected chi connectivity index (χ3v) is 4.00. The van der Waals surface area contributed by atoms with Crippen molar-refractivity contribution in [3.8, 4) is 0 Å². The fourth-order valence-corrected chi connectivity index (χ4v) is 2.07. The molecule has 0 radical (unpaired) electrons. The predicted molar refractivity (Wildman–Crippen MR) is 64.5 cm³/mol. The van der Waals surface area contributed by atoms with Gasteiger partial charge in [0, 0.05) is 20.0 Å². The molecule has 2 N–H and O–H groups in total. The Morgan fingerprint density at radius 2 is 2.00 bits per heavy atom. The minimum absolute atomic E-state index is 0.157. The van der Waals surface area contributed by atoms with Crippen molar-refractivity contribution in [2.24, 2.45) is 5.73 Å². The lowest BCUT2D eigenvalue weighted by molar-refractivity contribution is -0.140. The van der Waals surface area contributed by atoms with Gasteiger partial charge in [-0.05, 0) is 0 Å². The van der Waals surface area contributed by atoms with E-state index >= 15 is 0 Å². The molecule has 0 aromatic rings. The van der Waals surface area contributed by atoms with Crippen LogP contribution in [0.4, 0.5) is 0 Å². The number of carbonyl (C=O) groups excluding carboxylic acids is 1. The molecule has 8 heteroatoms. The van der Waals surface area contributed by atoms with Gasteiger partial charge in [-0.3, -0.25) is 4.79 Å². The number of rotatable bonds is 7. The summed E-state index contributed by atoms with van der Waals surface area (Å²) in [6, 6.07) is 0. The van der Waals surface area contributed by atoms with E-state index in [0.29, 0.717) is 6.42 Å². The van der Waals surface area contributed by atoms with Gasteiger partial charge in [0.1, 0.15) is 0 Å². The standard InChI is InChI=1S/C8H16N2O4S2/c1-10(5-3-7(9)15)16(12,13)6-4-8(11)14-2/h3-6H2,1-2H3,(H2,9,15). The number of methoxy groups -OCH3 is 1. The highest BCUT2D eigenvalue weighted by Gasteiger charge is 2.19. The van der Waals surface area contributed by atoms with Gasteiger partial charge in [0.2, 0.25) is 10.0 Å². The Labute approximate surface area is 101 Å². The topological polar surface area (TPSA) is 89.7 Å². The Morgan fingerprint density at radius 3 is 2.44 bits per heavy atom. The predicted octanol–water partition coefficient (Wildman–Crippen LogP) is -0.513. The largest absolute Gasteiger partial charge is 0.469 e. The van der Waals surface area contributed by atoms with Gasteiger partial charge in [0.25, 0.3) is 0 Å². The van der Waals surface area contributed by atoms with Gasteiger partial charge >= 0.3 is 5.97 Å². The van der Waals surface area contributed by atoms with Crippen LogP contribution in [-0.2, 0) is 19.6 Å². The molecule has 0 aliphatic heterocycles. The Morgan fingerprint density at radius 1 is 1.44 bits per heavy atom. The second-order valence-electron chi connectivity index (χ2n) is 3.18. The monoisotopic (exact) mass is 268 g/mol. The van der Waals surface area contributed by atoms with Crippen molar-refractivity contribution in [1.29, 1.82) is 0 Å². The Bertz CT molecular complexity index is 353. The minimum atomic E-state index is -3.44. The van der Waals surface area contributed by atoms with Crippen LogP contribution in [-0.4, -0.2) is 50.1 Å². The number of esters is 1. The van der Waals surface area contributed by atoms with Crippen molar-refractivity contribution in [2.45, 2.75) is 12.8 Å². The van der Waals surface area contributed by atoms with Crippen LogP contribution in [0.2, 0.25) is 0 Å². The van der Waals surface area contributed by atoms with E-state index in [1.807, 2.05) is 0 Å². The highest BCUT2D eigenvalue weighted by molar-refractivity contribution is 7.89. The molecule has 0 aliphatic rings. The molecule has 0 saturated heterocycles. The Hall–Kier alpha value is -0.730. The van der Waals surface area contributed by atoms with E-state index in [0.717, 1.165) is 4.31 Å². The van der Waals surface area contributed by atoms with Gasteiger partial charge < -0.3 is 10.5 Å². The van der Waals surface area contributed by atoms with Crippen molar-refractivity contribution >= 4 is 33.2 Å². The molecule has 0 amide bonds. The summed E-state index contributed by atoms with van der Waals surface area (Å²) >= 11 is 4.64. The average molecular weight is 268 g/mol. The molecule has 0 rings (SSSR count). The molecule has 0 heterocycles.